The summed E-state index contributed by atoms with van der Waals surface area (Å²) in [4.78, 5) is 42.0. The summed E-state index contributed by atoms with van der Waals surface area (Å²) in [6.07, 6.45) is 2.03. The van der Waals surface area contributed by atoms with E-state index in [1.54, 1.807) is 6.92 Å². The van der Waals surface area contributed by atoms with Crippen LogP contribution in [0.1, 0.15) is 29.4 Å². The molecule has 0 spiro atoms. The Morgan fingerprint density at radius 3 is 2.60 bits per heavy atom. The fourth-order valence-electron chi connectivity index (χ4n) is 5.86. The van der Waals surface area contributed by atoms with Crippen molar-refractivity contribution in [2.24, 2.45) is 11.8 Å². The zero-order chi connectivity index (χ0) is 29.6. The lowest BCUT2D eigenvalue weighted by atomic mass is 10.1. The molecule has 2 N–H and O–H groups in total. The van der Waals surface area contributed by atoms with E-state index in [-0.39, 0.29) is 21.3 Å². The number of amides is 2. The van der Waals surface area contributed by atoms with Gasteiger partial charge in [-0.25, -0.2) is 28.2 Å². The molecule has 1 saturated carbocycles. The van der Waals surface area contributed by atoms with E-state index in [4.69, 9.17) is 0 Å². The molecule has 2 amide bonds. The monoisotopic (exact) mass is 614 g/mol. The second kappa shape index (κ2) is 11.4. The number of aryl methyl sites for hydroxylation is 1. The molecule has 13 nitrogen and oxygen atoms in total. The highest BCUT2D eigenvalue weighted by Crippen LogP contribution is 2.45. The van der Waals surface area contributed by atoms with Crippen molar-refractivity contribution < 1.29 is 22.7 Å². The van der Waals surface area contributed by atoms with E-state index in [9.17, 15) is 18.0 Å². The molecule has 1 aromatic carbocycles. The highest BCUT2D eigenvalue weighted by atomic mass is 32.2. The topological polar surface area (TPSA) is 150 Å². The summed E-state index contributed by atoms with van der Waals surface area (Å²) in [5.41, 5.74) is 1.59. The lowest BCUT2D eigenvalue weighted by molar-refractivity contribution is 0.0777. The number of ether oxygens (including phenoxy) is 1. The number of nitrogens with zero attached hydrogens (tertiary/aromatic N) is 6. The first-order valence-electron chi connectivity index (χ1n) is 14.0. The molecule has 3 fully saturated rings. The van der Waals surface area contributed by atoms with Crippen molar-refractivity contribution in [2.75, 3.05) is 63.6 Å². The van der Waals surface area contributed by atoms with Crippen molar-refractivity contribution in [1.29, 1.82) is 0 Å². The number of rotatable bonds is 8. The summed E-state index contributed by atoms with van der Waals surface area (Å²) in [6.45, 7) is 7.83. The van der Waals surface area contributed by atoms with Crippen molar-refractivity contribution >= 4 is 55.2 Å². The van der Waals surface area contributed by atoms with Gasteiger partial charge >= 0.3 is 6.09 Å². The number of sulfonamides is 1. The number of piperazine rings is 1. The molecule has 3 aliphatic rings. The van der Waals surface area contributed by atoms with Crippen molar-refractivity contribution in [1.82, 2.24) is 29.1 Å². The van der Waals surface area contributed by atoms with Gasteiger partial charge in [0.2, 0.25) is 0 Å². The Bertz CT molecular complexity index is 1610. The summed E-state index contributed by atoms with van der Waals surface area (Å²) in [7, 11) is -2.52. The first-order chi connectivity index (χ1) is 20.1. The fraction of sp³-hybridized carbons (Fsp3) is 0.519. The number of hydrogen-bond acceptors (Lipinski definition) is 11. The molecule has 15 heteroatoms. The average molecular weight is 615 g/mol. The quantitative estimate of drug-likeness (QED) is 0.387. The Hall–Kier alpha value is -3.40. The van der Waals surface area contributed by atoms with Crippen molar-refractivity contribution in [2.45, 2.75) is 30.5 Å². The van der Waals surface area contributed by atoms with E-state index < -0.39 is 16.1 Å². The molecular formula is C27H34N8O5S2. The normalized spacial score (nSPS) is 21.6. The summed E-state index contributed by atoms with van der Waals surface area (Å²) in [5, 5.41) is 6.89. The summed E-state index contributed by atoms with van der Waals surface area (Å²) in [6, 6.07) is 5.66. The zero-order valence-corrected chi connectivity index (χ0v) is 25.4. The molecule has 1 aliphatic carbocycles. The summed E-state index contributed by atoms with van der Waals surface area (Å²) >= 11 is 0.917. The van der Waals surface area contributed by atoms with Crippen LogP contribution < -0.4 is 10.6 Å². The number of nitrogens with one attached hydrogen (secondary N) is 2. The number of aromatic nitrogens is 3. The maximum atomic E-state index is 13.3. The first kappa shape index (κ1) is 28.7. The van der Waals surface area contributed by atoms with E-state index in [0.717, 1.165) is 29.8 Å². The molecule has 2 aromatic heterocycles. The van der Waals surface area contributed by atoms with Gasteiger partial charge in [-0.05, 0) is 44.2 Å². The third-order valence-corrected chi connectivity index (χ3v) is 11.7. The lowest BCUT2D eigenvalue weighted by Gasteiger charge is -2.35. The number of benzene rings is 1. The van der Waals surface area contributed by atoms with Gasteiger partial charge in [-0.15, -0.1) is 0 Å². The van der Waals surface area contributed by atoms with Crippen LogP contribution in [-0.2, 0) is 14.8 Å². The minimum Gasteiger partial charge on any atom is -0.453 e. The number of fused-ring (bicyclic) bond motifs is 2. The van der Waals surface area contributed by atoms with Crippen LogP contribution >= 0.6 is 11.3 Å². The van der Waals surface area contributed by atoms with E-state index in [1.807, 2.05) is 23.1 Å². The molecule has 6 rings (SSSR count). The number of thiazole rings is 1. The summed E-state index contributed by atoms with van der Waals surface area (Å²) < 4.78 is 32.8. The second-order valence-electron chi connectivity index (χ2n) is 11.1. The Morgan fingerprint density at radius 1 is 1.14 bits per heavy atom. The zero-order valence-electron chi connectivity index (χ0n) is 23.7. The van der Waals surface area contributed by atoms with E-state index in [0.29, 0.717) is 67.2 Å². The number of carbonyl (C=O) groups excluding carboxylic acids is 2. The fourth-order valence-corrected chi connectivity index (χ4v) is 8.82. The van der Waals surface area contributed by atoms with Crippen LogP contribution in [0.5, 0.6) is 0 Å². The van der Waals surface area contributed by atoms with Gasteiger partial charge in [0, 0.05) is 57.2 Å². The maximum Gasteiger partial charge on any atom is 0.413 e. The molecule has 224 valence electrons. The van der Waals surface area contributed by atoms with Crippen LogP contribution in [0, 0.1) is 18.8 Å². The van der Waals surface area contributed by atoms with Gasteiger partial charge in [-0.2, -0.15) is 4.31 Å². The van der Waals surface area contributed by atoms with Gasteiger partial charge in [0.15, 0.2) is 9.34 Å². The number of likely N-dealkylation sites (tertiary alicyclic amines) is 1. The van der Waals surface area contributed by atoms with Gasteiger partial charge in [0.25, 0.3) is 15.9 Å². The SMILES string of the molecule is COC(=O)Nc1nc(C)c(S(=O)(=O)N2CCN(C[C@H](C)Nc3ncnc4c(C(=O)N5CC6CC6C5)cccc34)CC2)s1. The number of para-hydroxylation sites is 1. The molecule has 3 aromatic rings. The van der Waals surface area contributed by atoms with Crippen LogP contribution in [0.2, 0.25) is 0 Å². The molecule has 2 aliphatic heterocycles. The second-order valence-corrected chi connectivity index (χ2v) is 14.3. The van der Waals surface area contributed by atoms with Crippen LogP contribution in [0.15, 0.2) is 28.7 Å². The molecule has 0 bridgehead atoms. The molecule has 2 unspecified atom stereocenters. The lowest BCUT2D eigenvalue weighted by Crippen LogP contribution is -2.50. The van der Waals surface area contributed by atoms with E-state index >= 15 is 0 Å². The highest BCUT2D eigenvalue weighted by molar-refractivity contribution is 7.91. The molecule has 2 saturated heterocycles. The molecule has 0 radical (unpaired) electrons. The number of anilines is 2. The van der Waals surface area contributed by atoms with Gasteiger partial charge in [-0.3, -0.25) is 15.0 Å². The van der Waals surface area contributed by atoms with Crippen molar-refractivity contribution in [3.05, 3.63) is 35.8 Å². The van der Waals surface area contributed by atoms with Crippen LogP contribution in [0.25, 0.3) is 10.9 Å². The van der Waals surface area contributed by atoms with Gasteiger partial charge in [-0.1, -0.05) is 17.4 Å². The number of piperidine rings is 1. The van der Waals surface area contributed by atoms with Crippen LogP contribution in [0.3, 0.4) is 0 Å². The maximum absolute atomic E-state index is 13.3. The Labute approximate surface area is 248 Å². The molecule has 42 heavy (non-hydrogen) atoms. The van der Waals surface area contributed by atoms with Gasteiger partial charge < -0.3 is 15.0 Å². The number of methoxy groups -OCH3 is 1. The Morgan fingerprint density at radius 2 is 1.88 bits per heavy atom. The molecule has 3 atom stereocenters. The largest absolute Gasteiger partial charge is 0.453 e. The smallest absolute Gasteiger partial charge is 0.413 e. The average Bonchev–Trinajstić information content (AvgIpc) is 3.39. The van der Waals surface area contributed by atoms with Gasteiger partial charge in [0.05, 0.1) is 23.9 Å². The van der Waals surface area contributed by atoms with Crippen molar-refractivity contribution in [3.8, 4) is 0 Å². The minimum absolute atomic E-state index is 0.00649. The summed E-state index contributed by atoms with van der Waals surface area (Å²) in [5.74, 6) is 2.03. The first-order valence-corrected chi connectivity index (χ1v) is 16.2. The number of hydrogen-bond donors (Lipinski definition) is 2. The van der Waals surface area contributed by atoms with E-state index in [1.165, 1.54) is 24.2 Å². The molecular weight excluding hydrogens is 580 g/mol. The predicted octanol–water partition coefficient (Wildman–Crippen LogP) is 2.47. The third-order valence-electron chi connectivity index (χ3n) is 8.13. The third kappa shape index (κ3) is 5.65. The van der Waals surface area contributed by atoms with Crippen LogP contribution in [-0.4, -0.2) is 108 Å². The standard InChI is InChI=1S/C27H34N8O5S2/c1-16(12-33-7-9-35(10-8-33)42(38,39)25-17(2)31-26(41-25)32-27(37)40-3)30-23-20-5-4-6-21(22(20)28-15-29-23)24(36)34-13-18-11-19(18)14-34/h4-6,15-16,18-19H,7-14H2,1-3H3,(H,28,29,30)(H,31,32,37)/t16-,18?,19?/m0/s1. The Kier molecular flexibility index (Phi) is 7.76. The Balaban J connectivity index is 1.07. The van der Waals surface area contributed by atoms with Crippen molar-refractivity contribution in [3.63, 3.8) is 0 Å². The highest BCUT2D eigenvalue weighted by Gasteiger charge is 2.46. The van der Waals surface area contributed by atoms with E-state index in [2.05, 4.69) is 42.1 Å². The van der Waals surface area contributed by atoms with Gasteiger partial charge in [0.1, 0.15) is 12.1 Å². The predicted molar refractivity (Wildman–Crippen MR) is 158 cm³/mol. The van der Waals surface area contributed by atoms with Crippen LogP contribution in [0.4, 0.5) is 15.7 Å². The number of carbonyl (C=O) groups is 2. The minimum atomic E-state index is -3.75. The molecule has 4 heterocycles.